The second kappa shape index (κ2) is 5.00. The smallest absolute Gasteiger partial charge is 0.0741 e. The third kappa shape index (κ3) is 1.88. The van der Waals surface area contributed by atoms with Gasteiger partial charge in [0.25, 0.3) is 0 Å². The minimum absolute atomic E-state index is 1.29. The summed E-state index contributed by atoms with van der Waals surface area (Å²) in [7, 11) is 0. The lowest BCUT2D eigenvalue weighted by Crippen LogP contribution is -2.24. The molecule has 2 aliphatic rings. The van der Waals surface area contributed by atoms with Crippen molar-refractivity contribution in [2.45, 2.75) is 28.5 Å². The fourth-order valence-corrected chi connectivity index (χ4v) is 5.13. The number of hydrogen-bond acceptors (Lipinski definition) is 3. The Hall–Kier alpha value is -1.58. The minimum atomic E-state index is 1.29. The van der Waals surface area contributed by atoms with Crippen LogP contribution in [0.1, 0.15) is 13.8 Å². The van der Waals surface area contributed by atoms with Gasteiger partial charge in [-0.3, -0.25) is 0 Å². The Labute approximate surface area is 133 Å². The Morgan fingerprint density at radius 3 is 2.29 bits per heavy atom. The summed E-state index contributed by atoms with van der Waals surface area (Å²) in [6.07, 6.45) is 4.43. The first-order valence-electron chi connectivity index (χ1n) is 7.04. The molecule has 0 amide bonds. The quantitative estimate of drug-likeness (QED) is 0.570. The fraction of sp³-hybridized carbons (Fsp3) is 0.111. The van der Waals surface area contributed by atoms with Gasteiger partial charge in [0.2, 0.25) is 0 Å². The third-order valence-corrected chi connectivity index (χ3v) is 6.09. The molecule has 0 unspecified atom stereocenters. The summed E-state index contributed by atoms with van der Waals surface area (Å²) in [4.78, 5) is 7.75. The van der Waals surface area contributed by atoms with Gasteiger partial charge in [0.1, 0.15) is 0 Å². The highest BCUT2D eigenvalue weighted by Crippen LogP contribution is 2.58. The Morgan fingerprint density at radius 1 is 0.810 bits per heavy atom. The number of allylic oxidation sites excluding steroid dienone is 2. The van der Waals surface area contributed by atoms with E-state index >= 15 is 0 Å². The first kappa shape index (κ1) is 13.1. The van der Waals surface area contributed by atoms with Crippen molar-refractivity contribution in [2.75, 3.05) is 4.90 Å². The molecule has 2 aliphatic heterocycles. The monoisotopic (exact) mass is 309 g/mol. The maximum absolute atomic E-state index is 2.42. The lowest BCUT2D eigenvalue weighted by atomic mass is 10.1. The molecule has 2 aromatic rings. The van der Waals surface area contributed by atoms with Crippen molar-refractivity contribution in [3.63, 3.8) is 0 Å². The molecule has 2 heterocycles. The van der Waals surface area contributed by atoms with Crippen LogP contribution in [0, 0.1) is 0 Å². The van der Waals surface area contributed by atoms with Crippen LogP contribution >= 0.6 is 23.5 Å². The first-order valence-corrected chi connectivity index (χ1v) is 8.67. The van der Waals surface area contributed by atoms with Crippen molar-refractivity contribution in [1.29, 1.82) is 0 Å². The summed E-state index contributed by atoms with van der Waals surface area (Å²) in [6, 6.07) is 15.3. The Balaban J connectivity index is 2.06. The number of benzene rings is 2. The average molecular weight is 309 g/mol. The van der Waals surface area contributed by atoms with Gasteiger partial charge >= 0.3 is 0 Å². The zero-order valence-corrected chi connectivity index (χ0v) is 13.6. The van der Waals surface area contributed by atoms with E-state index in [1.54, 1.807) is 0 Å². The largest absolute Gasteiger partial charge is 0.306 e. The summed E-state index contributed by atoms with van der Waals surface area (Å²) < 4.78 is 0. The van der Waals surface area contributed by atoms with Crippen LogP contribution in [0.25, 0.3) is 0 Å². The van der Waals surface area contributed by atoms with E-state index in [4.69, 9.17) is 0 Å². The van der Waals surface area contributed by atoms with Crippen molar-refractivity contribution < 1.29 is 0 Å². The van der Waals surface area contributed by atoms with Crippen molar-refractivity contribution >= 4 is 34.9 Å². The van der Waals surface area contributed by atoms with Crippen molar-refractivity contribution in [3.8, 4) is 0 Å². The van der Waals surface area contributed by atoms with Gasteiger partial charge in [-0.25, -0.2) is 0 Å². The molecule has 21 heavy (non-hydrogen) atoms. The van der Waals surface area contributed by atoms with Crippen LogP contribution in [0.3, 0.4) is 0 Å². The molecule has 1 nitrogen and oxygen atoms in total. The second-order valence-electron chi connectivity index (χ2n) is 4.94. The van der Waals surface area contributed by atoms with Gasteiger partial charge in [-0.05, 0) is 38.1 Å². The van der Waals surface area contributed by atoms with Crippen LogP contribution in [-0.4, -0.2) is 0 Å². The highest BCUT2D eigenvalue weighted by molar-refractivity contribution is 8.03. The van der Waals surface area contributed by atoms with E-state index in [1.807, 2.05) is 23.5 Å². The van der Waals surface area contributed by atoms with Crippen molar-refractivity contribution in [1.82, 2.24) is 0 Å². The van der Waals surface area contributed by atoms with Crippen LogP contribution in [0.4, 0.5) is 11.4 Å². The van der Waals surface area contributed by atoms with E-state index in [9.17, 15) is 0 Å². The lowest BCUT2D eigenvalue weighted by Gasteiger charge is -2.39. The number of fused-ring (bicyclic) bond motifs is 2. The SMILES string of the molecule is C/C=C1/Sc2cccc3c2N(/C1=C/C)c1ccccc1S3. The summed E-state index contributed by atoms with van der Waals surface area (Å²) >= 11 is 3.74. The number of hydrogen-bond donors (Lipinski definition) is 0. The first-order chi connectivity index (χ1) is 10.3. The predicted molar refractivity (Wildman–Crippen MR) is 92.5 cm³/mol. The number of nitrogens with zero attached hydrogens (tertiary/aromatic N) is 1. The van der Waals surface area contributed by atoms with E-state index in [2.05, 4.69) is 73.4 Å². The van der Waals surface area contributed by atoms with E-state index in [0.29, 0.717) is 0 Å². The standard InChI is InChI=1S/C18H15NS2/c1-3-12-14(4-2)20-16-10-7-11-17-18(16)19(12)13-8-5-6-9-15(13)21-17/h3-11H,1-2H3/b12-3+,14-4+. The molecule has 4 rings (SSSR count). The number of para-hydroxylation sites is 2. The number of rotatable bonds is 0. The molecular formula is C18H15NS2. The minimum Gasteiger partial charge on any atom is -0.306 e. The molecule has 0 aromatic heterocycles. The van der Waals surface area contributed by atoms with Gasteiger partial charge in [0.05, 0.1) is 17.1 Å². The van der Waals surface area contributed by atoms with Gasteiger partial charge in [0.15, 0.2) is 0 Å². The summed E-state index contributed by atoms with van der Waals surface area (Å²) in [6.45, 7) is 4.24. The molecule has 0 N–H and O–H groups in total. The Kier molecular flexibility index (Phi) is 3.12. The molecule has 0 bridgehead atoms. The normalized spacial score (nSPS) is 19.6. The number of thioether (sulfide) groups is 1. The fourth-order valence-electron chi connectivity index (χ4n) is 2.86. The molecule has 2 aromatic carbocycles. The Bertz CT molecular complexity index is 790. The third-order valence-electron chi connectivity index (χ3n) is 3.76. The van der Waals surface area contributed by atoms with E-state index < -0.39 is 0 Å². The summed E-state index contributed by atoms with van der Waals surface area (Å²) in [5.74, 6) is 0. The van der Waals surface area contributed by atoms with Crippen LogP contribution in [-0.2, 0) is 0 Å². The summed E-state index contributed by atoms with van der Waals surface area (Å²) in [5.41, 5.74) is 3.91. The van der Waals surface area contributed by atoms with E-state index in [0.717, 1.165) is 0 Å². The topological polar surface area (TPSA) is 3.24 Å². The molecule has 0 aliphatic carbocycles. The maximum Gasteiger partial charge on any atom is 0.0741 e. The van der Waals surface area contributed by atoms with Gasteiger partial charge in [-0.15, -0.1) is 0 Å². The van der Waals surface area contributed by atoms with Gasteiger partial charge in [-0.2, -0.15) is 0 Å². The highest BCUT2D eigenvalue weighted by Gasteiger charge is 2.33. The van der Waals surface area contributed by atoms with Crippen molar-refractivity contribution in [2.24, 2.45) is 0 Å². The molecule has 0 spiro atoms. The predicted octanol–water partition coefficient (Wildman–Crippen LogP) is 6.20. The lowest BCUT2D eigenvalue weighted by molar-refractivity contribution is 1.06. The summed E-state index contributed by atoms with van der Waals surface area (Å²) in [5, 5.41) is 0. The van der Waals surface area contributed by atoms with Crippen LogP contribution in [0.15, 0.2) is 79.9 Å². The van der Waals surface area contributed by atoms with Gasteiger partial charge in [0, 0.05) is 19.6 Å². The molecule has 104 valence electrons. The van der Waals surface area contributed by atoms with Crippen molar-refractivity contribution in [3.05, 3.63) is 65.2 Å². The molecular weight excluding hydrogens is 294 g/mol. The highest BCUT2D eigenvalue weighted by atomic mass is 32.2. The average Bonchev–Trinajstić information content (AvgIpc) is 2.54. The van der Waals surface area contributed by atoms with Gasteiger partial charge in [-0.1, -0.05) is 53.9 Å². The zero-order valence-electron chi connectivity index (χ0n) is 12.0. The van der Waals surface area contributed by atoms with Crippen LogP contribution < -0.4 is 4.90 Å². The molecule has 0 fully saturated rings. The zero-order chi connectivity index (χ0) is 14.4. The van der Waals surface area contributed by atoms with Crippen LogP contribution in [0.5, 0.6) is 0 Å². The number of anilines is 2. The van der Waals surface area contributed by atoms with E-state index in [-0.39, 0.29) is 0 Å². The van der Waals surface area contributed by atoms with Gasteiger partial charge < -0.3 is 4.90 Å². The molecule has 0 atom stereocenters. The molecule has 0 saturated carbocycles. The second-order valence-corrected chi connectivity index (χ2v) is 7.10. The Morgan fingerprint density at radius 2 is 1.52 bits per heavy atom. The molecule has 0 saturated heterocycles. The molecule has 0 radical (unpaired) electrons. The van der Waals surface area contributed by atoms with Crippen LogP contribution in [0.2, 0.25) is 0 Å². The maximum atomic E-state index is 2.42. The van der Waals surface area contributed by atoms with E-state index in [1.165, 1.54) is 36.7 Å². The molecule has 3 heteroatoms.